The highest BCUT2D eigenvalue weighted by Crippen LogP contribution is 2.28. The van der Waals surface area contributed by atoms with Crippen LogP contribution in [-0.4, -0.2) is 99.7 Å². The number of anilines is 1. The van der Waals surface area contributed by atoms with Crippen LogP contribution in [0.3, 0.4) is 0 Å². The third-order valence-electron chi connectivity index (χ3n) is 8.37. The van der Waals surface area contributed by atoms with Crippen LogP contribution >= 0.6 is 0 Å². The maximum Gasteiger partial charge on any atom is 0.417 e. The molecular formula is C34H43N5O9. The van der Waals surface area contributed by atoms with Crippen molar-refractivity contribution in [3.8, 4) is 5.75 Å². The van der Waals surface area contributed by atoms with E-state index in [-0.39, 0.29) is 35.2 Å². The van der Waals surface area contributed by atoms with Crippen molar-refractivity contribution in [1.82, 2.24) is 20.1 Å². The number of piperidine rings is 1. The number of rotatable bonds is 15. The van der Waals surface area contributed by atoms with Crippen molar-refractivity contribution in [2.24, 2.45) is 0 Å². The third kappa shape index (κ3) is 10.6. The van der Waals surface area contributed by atoms with E-state index in [0.717, 1.165) is 5.56 Å². The molecule has 0 bridgehead atoms. The number of H-pyrrole nitrogens is 1. The average Bonchev–Trinajstić information content (AvgIpc) is 3.07. The van der Waals surface area contributed by atoms with Crippen LogP contribution in [0.4, 0.5) is 5.69 Å². The Kier molecular flexibility index (Phi) is 13.1. The normalized spacial score (nSPS) is 14.4. The highest BCUT2D eigenvalue weighted by atomic mass is 16.6. The number of carbonyl (C=O) groups is 4. The maximum absolute atomic E-state index is 12.5. The summed E-state index contributed by atoms with van der Waals surface area (Å²) in [6.07, 6.45) is 1.77. The number of fused-ring (bicyclic) bond motifs is 1. The number of esters is 1. The van der Waals surface area contributed by atoms with Crippen LogP contribution in [-0.2, 0) is 30.5 Å². The summed E-state index contributed by atoms with van der Waals surface area (Å²) in [6, 6.07) is 13.4. The number of hydrogen-bond acceptors (Lipinski definition) is 10. The lowest BCUT2D eigenvalue weighted by Gasteiger charge is -2.31. The summed E-state index contributed by atoms with van der Waals surface area (Å²) in [5.41, 5.74) is 2.15. The van der Waals surface area contributed by atoms with Crippen molar-refractivity contribution in [3.63, 3.8) is 0 Å². The Morgan fingerprint density at radius 3 is 2.46 bits per heavy atom. The SMILES string of the molecule is CN(CCCCC(=O)Nc1ccc(CNCC(O)c2ccc(O)c3[nH]c(=O)ccc23)cc1)C(=O)CCN1CCC(OC(=O)C(=O)O)CC1. The second-order valence-electron chi connectivity index (χ2n) is 12.0. The van der Waals surface area contributed by atoms with E-state index in [1.54, 1.807) is 24.1 Å². The summed E-state index contributed by atoms with van der Waals surface area (Å²) in [6.45, 7) is 3.09. The Morgan fingerprint density at radius 2 is 1.75 bits per heavy atom. The highest BCUT2D eigenvalue weighted by Gasteiger charge is 2.25. The number of nitrogens with zero attached hydrogens (tertiary/aromatic N) is 2. The number of ether oxygens (including phenoxy) is 1. The topological polar surface area (TPSA) is 202 Å². The molecule has 6 N–H and O–H groups in total. The molecule has 1 aliphatic heterocycles. The number of aromatic nitrogens is 1. The minimum Gasteiger partial charge on any atom is -0.506 e. The molecule has 1 aliphatic rings. The number of likely N-dealkylation sites (tertiary alicyclic amines) is 1. The lowest BCUT2D eigenvalue weighted by molar-refractivity contribution is -0.168. The van der Waals surface area contributed by atoms with Crippen molar-refractivity contribution < 1.29 is 39.2 Å². The number of benzene rings is 2. The number of pyridine rings is 1. The average molecular weight is 666 g/mol. The van der Waals surface area contributed by atoms with E-state index in [9.17, 15) is 34.2 Å². The molecule has 4 rings (SSSR count). The van der Waals surface area contributed by atoms with Crippen LogP contribution in [0.25, 0.3) is 10.9 Å². The number of unbranched alkanes of at least 4 members (excludes halogenated alkanes) is 1. The molecule has 2 amide bonds. The van der Waals surface area contributed by atoms with E-state index >= 15 is 0 Å². The van der Waals surface area contributed by atoms with E-state index in [1.165, 1.54) is 12.1 Å². The fraction of sp³-hybridized carbons (Fsp3) is 0.441. The monoisotopic (exact) mass is 665 g/mol. The largest absolute Gasteiger partial charge is 0.506 e. The van der Waals surface area contributed by atoms with Gasteiger partial charge in [0.2, 0.25) is 17.4 Å². The molecule has 14 nitrogen and oxygen atoms in total. The number of aliphatic hydroxyl groups excluding tert-OH is 1. The molecule has 3 aromatic rings. The molecule has 258 valence electrons. The summed E-state index contributed by atoms with van der Waals surface area (Å²) in [5, 5.41) is 36.1. The number of hydrogen-bond donors (Lipinski definition) is 6. The lowest BCUT2D eigenvalue weighted by Crippen LogP contribution is -2.40. The van der Waals surface area contributed by atoms with Crippen molar-refractivity contribution in [3.05, 3.63) is 70.0 Å². The lowest BCUT2D eigenvalue weighted by atomic mass is 10.0. The number of nitrogens with one attached hydrogen (secondary N) is 3. The smallest absolute Gasteiger partial charge is 0.417 e. The first kappa shape index (κ1) is 36.1. The Labute approximate surface area is 277 Å². The van der Waals surface area contributed by atoms with Gasteiger partial charge in [-0.15, -0.1) is 0 Å². The zero-order chi connectivity index (χ0) is 34.6. The summed E-state index contributed by atoms with van der Waals surface area (Å²) in [7, 11) is 1.75. The molecule has 1 aromatic heterocycles. The van der Waals surface area contributed by atoms with Crippen LogP contribution in [0.15, 0.2) is 53.3 Å². The Balaban J connectivity index is 1.08. The molecule has 1 fully saturated rings. The number of carbonyl (C=O) groups excluding carboxylic acids is 3. The molecule has 14 heteroatoms. The van der Waals surface area contributed by atoms with Crippen molar-refractivity contribution in [2.75, 3.05) is 45.1 Å². The van der Waals surface area contributed by atoms with Crippen molar-refractivity contribution in [1.29, 1.82) is 0 Å². The number of phenols is 1. The van der Waals surface area contributed by atoms with Gasteiger partial charge in [-0.2, -0.15) is 0 Å². The number of aliphatic carboxylic acids is 1. The maximum atomic E-state index is 12.5. The van der Waals surface area contributed by atoms with Gasteiger partial charge >= 0.3 is 11.9 Å². The molecule has 2 aromatic carbocycles. The molecular weight excluding hydrogens is 622 g/mol. The number of phenolic OH excluding ortho intramolecular Hbond substituents is 1. The van der Waals surface area contributed by atoms with Gasteiger partial charge in [0.25, 0.3) is 0 Å². The van der Waals surface area contributed by atoms with E-state index in [4.69, 9.17) is 9.84 Å². The van der Waals surface area contributed by atoms with Crippen molar-refractivity contribution in [2.45, 2.75) is 57.3 Å². The fourth-order valence-electron chi connectivity index (χ4n) is 5.60. The Morgan fingerprint density at radius 1 is 1.02 bits per heavy atom. The van der Waals surface area contributed by atoms with Crippen LogP contribution in [0.1, 0.15) is 55.8 Å². The summed E-state index contributed by atoms with van der Waals surface area (Å²) < 4.78 is 4.93. The molecule has 1 unspecified atom stereocenters. The van der Waals surface area contributed by atoms with Gasteiger partial charge in [0.05, 0.1) is 11.6 Å². The Hall–Kier alpha value is -4.79. The first-order chi connectivity index (χ1) is 23.0. The highest BCUT2D eigenvalue weighted by molar-refractivity contribution is 6.28. The van der Waals surface area contributed by atoms with Gasteiger partial charge < -0.3 is 45.5 Å². The molecule has 0 spiro atoms. The minimum atomic E-state index is -1.60. The second kappa shape index (κ2) is 17.4. The van der Waals surface area contributed by atoms with Gasteiger partial charge in [0.1, 0.15) is 11.9 Å². The van der Waals surface area contributed by atoms with Gasteiger partial charge in [0.15, 0.2) is 0 Å². The van der Waals surface area contributed by atoms with Gasteiger partial charge in [0, 0.05) is 76.3 Å². The zero-order valence-corrected chi connectivity index (χ0v) is 26.9. The molecule has 48 heavy (non-hydrogen) atoms. The van der Waals surface area contributed by atoms with Crippen LogP contribution in [0.5, 0.6) is 5.75 Å². The quantitative estimate of drug-likeness (QED) is 0.0789. The van der Waals surface area contributed by atoms with Crippen LogP contribution < -0.4 is 16.2 Å². The minimum absolute atomic E-state index is 0.00869. The summed E-state index contributed by atoms with van der Waals surface area (Å²) in [4.78, 5) is 64.8. The van der Waals surface area contributed by atoms with Crippen LogP contribution in [0, 0.1) is 0 Å². The number of carboxylic acid groups (broad SMARTS) is 1. The van der Waals surface area contributed by atoms with Crippen LogP contribution in [0.2, 0.25) is 0 Å². The van der Waals surface area contributed by atoms with E-state index < -0.39 is 24.1 Å². The number of aliphatic hydroxyl groups is 1. The predicted molar refractivity (Wildman–Crippen MR) is 177 cm³/mol. The standard InChI is InChI=1S/C34H43N5O9/c1-38(31(44)15-19-39-17-13-24(14-18-39)48-34(47)33(45)46)16-3-2-4-29(42)36-23-7-5-22(6-8-23)20-35-21-28(41)25-9-11-27(40)32-26(25)10-12-30(43)37-32/h5-12,24,28,35,40-41H,2-4,13-21H2,1H3,(H,36,42)(H,37,43)(H,45,46). The van der Waals surface area contributed by atoms with E-state index in [0.29, 0.717) is 87.9 Å². The first-order valence-corrected chi connectivity index (χ1v) is 16.0. The molecule has 0 aliphatic carbocycles. The zero-order valence-electron chi connectivity index (χ0n) is 26.9. The molecule has 0 saturated carbocycles. The summed E-state index contributed by atoms with van der Waals surface area (Å²) >= 11 is 0. The third-order valence-corrected chi connectivity index (χ3v) is 8.37. The number of aromatic amines is 1. The molecule has 1 atom stereocenters. The summed E-state index contributed by atoms with van der Waals surface area (Å²) in [5.74, 6) is -3.00. The number of amides is 2. The van der Waals surface area contributed by atoms with Gasteiger partial charge in [-0.25, -0.2) is 9.59 Å². The molecule has 1 saturated heterocycles. The number of carboxylic acids is 1. The van der Waals surface area contributed by atoms with Gasteiger partial charge in [-0.3, -0.25) is 14.4 Å². The first-order valence-electron chi connectivity index (χ1n) is 16.0. The number of aromatic hydroxyl groups is 1. The molecule has 2 heterocycles. The Bertz CT molecular complexity index is 1630. The van der Waals surface area contributed by atoms with Crippen molar-refractivity contribution >= 4 is 40.3 Å². The molecule has 0 radical (unpaired) electrons. The second-order valence-corrected chi connectivity index (χ2v) is 12.0. The fourth-order valence-corrected chi connectivity index (χ4v) is 5.60. The van der Waals surface area contributed by atoms with Gasteiger partial charge in [-0.1, -0.05) is 18.2 Å². The van der Waals surface area contributed by atoms with E-state index in [1.807, 2.05) is 24.3 Å². The van der Waals surface area contributed by atoms with Gasteiger partial charge in [-0.05, 0) is 61.1 Å². The van der Waals surface area contributed by atoms with E-state index in [2.05, 4.69) is 20.5 Å². The predicted octanol–water partition coefficient (Wildman–Crippen LogP) is 2.11.